The van der Waals surface area contributed by atoms with E-state index in [2.05, 4.69) is 5.32 Å². The first kappa shape index (κ1) is 16.9. The van der Waals surface area contributed by atoms with Crippen LogP contribution in [0.3, 0.4) is 0 Å². The summed E-state index contributed by atoms with van der Waals surface area (Å²) in [5.74, 6) is -0.494. The number of methoxy groups -OCH3 is 1. The van der Waals surface area contributed by atoms with E-state index in [9.17, 15) is 14.7 Å². The molecule has 1 aliphatic heterocycles. The van der Waals surface area contributed by atoms with Gasteiger partial charge in [0, 0.05) is 5.56 Å². The zero-order valence-electron chi connectivity index (χ0n) is 13.4. The average Bonchev–Trinajstić information content (AvgIpc) is 2.57. The highest BCUT2D eigenvalue weighted by Crippen LogP contribution is 2.40. The molecule has 7 heteroatoms. The Morgan fingerprint density at radius 2 is 2.04 bits per heavy atom. The second kappa shape index (κ2) is 7.21. The summed E-state index contributed by atoms with van der Waals surface area (Å²) in [7, 11) is 1.47. The monoisotopic (exact) mass is 323 g/mol. The van der Waals surface area contributed by atoms with Crippen molar-refractivity contribution in [3.05, 3.63) is 17.7 Å². The predicted octanol–water partition coefficient (Wildman–Crippen LogP) is 1.70. The molecule has 0 fully saturated rings. The number of rotatable bonds is 6. The number of ether oxygens (including phenoxy) is 3. The van der Waals surface area contributed by atoms with Crippen molar-refractivity contribution in [2.45, 2.75) is 26.3 Å². The summed E-state index contributed by atoms with van der Waals surface area (Å²) in [5, 5.41) is 11.8. The van der Waals surface area contributed by atoms with E-state index in [1.54, 1.807) is 6.92 Å². The number of fused-ring (bicyclic) bond motifs is 1. The lowest BCUT2D eigenvalue weighted by Crippen LogP contribution is -2.45. The van der Waals surface area contributed by atoms with Crippen LogP contribution in [0, 0.1) is 5.92 Å². The van der Waals surface area contributed by atoms with Crippen molar-refractivity contribution in [2.75, 3.05) is 20.3 Å². The normalized spacial score (nSPS) is 15.4. The Hall–Kier alpha value is -2.44. The van der Waals surface area contributed by atoms with Crippen molar-refractivity contribution < 1.29 is 28.9 Å². The Kier molecular flexibility index (Phi) is 5.31. The van der Waals surface area contributed by atoms with Crippen LogP contribution >= 0.6 is 0 Å². The van der Waals surface area contributed by atoms with Crippen molar-refractivity contribution in [3.8, 4) is 17.2 Å². The van der Waals surface area contributed by atoms with Gasteiger partial charge in [0.25, 0.3) is 5.91 Å². The SMILES string of the molecule is CC[C@H](C)[C@H](NC(=O)c1cc(OC)c2c(c1)OCCO2)C(=O)O. The van der Waals surface area contributed by atoms with Crippen LogP contribution in [-0.2, 0) is 4.79 Å². The summed E-state index contributed by atoms with van der Waals surface area (Å²) in [6, 6.07) is 2.09. The number of carboxylic acids is 1. The summed E-state index contributed by atoms with van der Waals surface area (Å²) in [4.78, 5) is 23.7. The Bertz CT molecular complexity index is 583. The van der Waals surface area contributed by atoms with Gasteiger partial charge < -0.3 is 24.6 Å². The zero-order valence-corrected chi connectivity index (χ0v) is 13.4. The first-order chi connectivity index (χ1) is 11.0. The molecule has 0 bridgehead atoms. The van der Waals surface area contributed by atoms with Crippen molar-refractivity contribution in [1.29, 1.82) is 0 Å². The van der Waals surface area contributed by atoms with Crippen molar-refractivity contribution >= 4 is 11.9 Å². The molecule has 0 aliphatic carbocycles. The Morgan fingerprint density at radius 1 is 1.35 bits per heavy atom. The highest BCUT2D eigenvalue weighted by atomic mass is 16.6. The third-order valence-electron chi connectivity index (χ3n) is 3.86. The van der Waals surface area contributed by atoms with Gasteiger partial charge in [0.05, 0.1) is 7.11 Å². The summed E-state index contributed by atoms with van der Waals surface area (Å²) < 4.78 is 16.2. The van der Waals surface area contributed by atoms with E-state index in [0.717, 1.165) is 0 Å². The predicted molar refractivity (Wildman–Crippen MR) is 82.3 cm³/mol. The van der Waals surface area contributed by atoms with Crippen LogP contribution in [-0.4, -0.2) is 43.3 Å². The van der Waals surface area contributed by atoms with E-state index < -0.39 is 17.9 Å². The van der Waals surface area contributed by atoms with Crippen molar-refractivity contribution in [2.24, 2.45) is 5.92 Å². The first-order valence-corrected chi connectivity index (χ1v) is 7.49. The molecular formula is C16H21NO6. The molecule has 2 atom stereocenters. The summed E-state index contributed by atoms with van der Waals surface area (Å²) >= 11 is 0. The van der Waals surface area contributed by atoms with Crippen LogP contribution in [0.25, 0.3) is 0 Å². The van der Waals surface area contributed by atoms with E-state index in [1.807, 2.05) is 6.92 Å². The maximum absolute atomic E-state index is 12.4. The molecule has 0 saturated carbocycles. The van der Waals surface area contributed by atoms with Gasteiger partial charge in [-0.25, -0.2) is 4.79 Å². The van der Waals surface area contributed by atoms with Gasteiger partial charge in [-0.15, -0.1) is 0 Å². The molecule has 1 aromatic rings. The molecular weight excluding hydrogens is 302 g/mol. The largest absolute Gasteiger partial charge is 0.493 e. The number of carbonyl (C=O) groups is 2. The number of carbonyl (C=O) groups excluding carboxylic acids is 1. The first-order valence-electron chi connectivity index (χ1n) is 7.49. The lowest BCUT2D eigenvalue weighted by atomic mass is 9.99. The van der Waals surface area contributed by atoms with Gasteiger partial charge in [-0.3, -0.25) is 4.79 Å². The van der Waals surface area contributed by atoms with Crippen LogP contribution in [0.4, 0.5) is 0 Å². The molecule has 1 aromatic carbocycles. The number of aliphatic carboxylic acids is 1. The second-order valence-corrected chi connectivity index (χ2v) is 5.38. The molecule has 7 nitrogen and oxygen atoms in total. The van der Waals surface area contributed by atoms with Gasteiger partial charge in [0.2, 0.25) is 5.75 Å². The molecule has 0 saturated heterocycles. The van der Waals surface area contributed by atoms with Gasteiger partial charge in [-0.1, -0.05) is 20.3 Å². The third-order valence-corrected chi connectivity index (χ3v) is 3.86. The number of hydrogen-bond acceptors (Lipinski definition) is 5. The number of nitrogens with one attached hydrogen (secondary N) is 1. The molecule has 0 unspecified atom stereocenters. The fourth-order valence-corrected chi connectivity index (χ4v) is 2.31. The van der Waals surface area contributed by atoms with Gasteiger partial charge in [0.15, 0.2) is 11.5 Å². The molecule has 1 amide bonds. The molecule has 1 heterocycles. The minimum absolute atomic E-state index is 0.185. The maximum atomic E-state index is 12.4. The van der Waals surface area contributed by atoms with E-state index in [-0.39, 0.29) is 11.5 Å². The van der Waals surface area contributed by atoms with Gasteiger partial charge in [0.1, 0.15) is 19.3 Å². The number of amides is 1. The highest BCUT2D eigenvalue weighted by molar-refractivity contribution is 5.97. The Morgan fingerprint density at radius 3 is 2.65 bits per heavy atom. The lowest BCUT2D eigenvalue weighted by Gasteiger charge is -2.23. The number of carboxylic acid groups (broad SMARTS) is 1. The maximum Gasteiger partial charge on any atom is 0.326 e. The van der Waals surface area contributed by atoms with Gasteiger partial charge in [-0.05, 0) is 18.1 Å². The molecule has 0 radical (unpaired) electrons. The van der Waals surface area contributed by atoms with Crippen molar-refractivity contribution in [1.82, 2.24) is 5.32 Å². The second-order valence-electron chi connectivity index (χ2n) is 5.38. The molecule has 23 heavy (non-hydrogen) atoms. The quantitative estimate of drug-likeness (QED) is 0.827. The summed E-state index contributed by atoms with van der Waals surface area (Å²) in [6.45, 7) is 4.44. The van der Waals surface area contributed by atoms with E-state index in [4.69, 9.17) is 14.2 Å². The van der Waals surface area contributed by atoms with Crippen LogP contribution in [0.15, 0.2) is 12.1 Å². The smallest absolute Gasteiger partial charge is 0.326 e. The minimum Gasteiger partial charge on any atom is -0.493 e. The van der Waals surface area contributed by atoms with E-state index >= 15 is 0 Å². The lowest BCUT2D eigenvalue weighted by molar-refractivity contribution is -0.140. The molecule has 0 aromatic heterocycles. The summed E-state index contributed by atoms with van der Waals surface area (Å²) in [6.07, 6.45) is 0.641. The van der Waals surface area contributed by atoms with Gasteiger partial charge >= 0.3 is 5.97 Å². The Labute approximate surface area is 134 Å². The molecule has 2 N–H and O–H groups in total. The fraction of sp³-hybridized carbons (Fsp3) is 0.500. The molecule has 2 rings (SSSR count). The topological polar surface area (TPSA) is 94.1 Å². The average molecular weight is 323 g/mol. The van der Waals surface area contributed by atoms with Crippen LogP contribution in [0.5, 0.6) is 17.2 Å². The van der Waals surface area contributed by atoms with Gasteiger partial charge in [-0.2, -0.15) is 0 Å². The number of hydrogen-bond donors (Lipinski definition) is 2. The molecule has 1 aliphatic rings. The Balaban J connectivity index is 2.26. The van der Waals surface area contributed by atoms with Crippen LogP contribution in [0.1, 0.15) is 30.6 Å². The van der Waals surface area contributed by atoms with E-state index in [0.29, 0.717) is 36.9 Å². The fourth-order valence-electron chi connectivity index (χ4n) is 2.31. The van der Waals surface area contributed by atoms with Crippen molar-refractivity contribution in [3.63, 3.8) is 0 Å². The third kappa shape index (κ3) is 3.67. The minimum atomic E-state index is -1.06. The molecule has 126 valence electrons. The van der Waals surface area contributed by atoms with Crippen LogP contribution < -0.4 is 19.5 Å². The highest BCUT2D eigenvalue weighted by Gasteiger charge is 2.27. The summed E-state index contributed by atoms with van der Waals surface area (Å²) in [5.41, 5.74) is 0.264. The van der Waals surface area contributed by atoms with E-state index in [1.165, 1.54) is 19.2 Å². The standard InChI is InChI=1S/C16H21NO6/c1-4-9(2)13(16(19)20)17-15(18)10-7-11(21-3)14-12(8-10)22-5-6-23-14/h7-9,13H,4-6H2,1-3H3,(H,17,18)(H,19,20)/t9-,13-/m0/s1. The number of benzene rings is 1. The van der Waals surface area contributed by atoms with Crippen LogP contribution in [0.2, 0.25) is 0 Å². The zero-order chi connectivity index (χ0) is 17.0. The molecule has 0 spiro atoms.